The smallest absolute Gasteiger partial charge is 0.406 e. The zero-order valence-electron chi connectivity index (χ0n) is 20.7. The second-order valence-electron chi connectivity index (χ2n) is 9.68. The number of ether oxygens (including phenoxy) is 1. The number of hydrogen-bond acceptors (Lipinski definition) is 5. The highest BCUT2D eigenvalue weighted by atomic mass is 19.4. The van der Waals surface area contributed by atoms with Crippen LogP contribution in [0.2, 0.25) is 0 Å². The molecule has 0 N–H and O–H groups in total. The molecule has 0 unspecified atom stereocenters. The van der Waals surface area contributed by atoms with E-state index in [0.717, 1.165) is 53.7 Å². The van der Waals surface area contributed by atoms with Crippen LogP contribution in [0.25, 0.3) is 16.9 Å². The molecule has 0 saturated carbocycles. The van der Waals surface area contributed by atoms with Crippen LogP contribution in [-0.4, -0.2) is 83.7 Å². The molecule has 4 heterocycles. The molecule has 2 aromatic heterocycles. The van der Waals surface area contributed by atoms with E-state index in [4.69, 9.17) is 4.74 Å². The zero-order valence-corrected chi connectivity index (χ0v) is 20.7. The van der Waals surface area contributed by atoms with E-state index in [1.807, 2.05) is 16.7 Å². The van der Waals surface area contributed by atoms with Crippen LogP contribution in [0, 0.1) is 0 Å². The van der Waals surface area contributed by atoms with E-state index in [-0.39, 0.29) is 17.9 Å². The molecule has 2 aliphatic rings. The second-order valence-corrected chi connectivity index (χ2v) is 9.68. The first-order valence-corrected chi connectivity index (χ1v) is 12.2. The van der Waals surface area contributed by atoms with Crippen LogP contribution < -0.4 is 9.64 Å². The lowest BCUT2D eigenvalue weighted by atomic mass is 9.94. The Morgan fingerprint density at radius 2 is 1.83 bits per heavy atom. The third-order valence-corrected chi connectivity index (χ3v) is 7.13. The zero-order chi connectivity index (χ0) is 25.6. The van der Waals surface area contributed by atoms with Gasteiger partial charge in [0, 0.05) is 62.3 Å². The topological polar surface area (TPSA) is 53.3 Å². The lowest BCUT2D eigenvalue weighted by Crippen LogP contribution is -2.48. The number of anilines is 1. The van der Waals surface area contributed by atoms with Gasteiger partial charge >= 0.3 is 6.18 Å². The number of carbonyl (C=O) groups is 1. The summed E-state index contributed by atoms with van der Waals surface area (Å²) in [5, 5.41) is 0. The predicted molar refractivity (Wildman–Crippen MR) is 132 cm³/mol. The van der Waals surface area contributed by atoms with Crippen LogP contribution in [0.15, 0.2) is 36.7 Å². The van der Waals surface area contributed by atoms with E-state index in [1.165, 1.54) is 7.11 Å². The number of amides is 1. The monoisotopic (exact) mass is 501 g/mol. The van der Waals surface area contributed by atoms with Crippen molar-refractivity contribution in [2.75, 3.05) is 51.3 Å². The van der Waals surface area contributed by atoms with Gasteiger partial charge in [0.25, 0.3) is 5.91 Å². The van der Waals surface area contributed by atoms with Crippen LogP contribution in [0.1, 0.15) is 29.8 Å². The van der Waals surface area contributed by atoms with Crippen molar-refractivity contribution in [1.82, 2.24) is 19.2 Å². The second kappa shape index (κ2) is 9.31. The van der Waals surface area contributed by atoms with Gasteiger partial charge in [-0.25, -0.2) is 4.98 Å². The highest BCUT2D eigenvalue weighted by molar-refractivity contribution is 6.00. The molecule has 1 aromatic carbocycles. The first-order chi connectivity index (χ1) is 17.1. The first kappa shape index (κ1) is 24.4. The van der Waals surface area contributed by atoms with Gasteiger partial charge in [0.15, 0.2) is 0 Å². The first-order valence-electron chi connectivity index (χ1n) is 12.2. The molecule has 1 amide bonds. The quantitative estimate of drug-likeness (QED) is 0.527. The number of piperazine rings is 1. The summed E-state index contributed by atoms with van der Waals surface area (Å²) in [6, 6.07) is 8.26. The van der Waals surface area contributed by atoms with Gasteiger partial charge in [0.05, 0.1) is 24.6 Å². The van der Waals surface area contributed by atoms with E-state index in [2.05, 4.69) is 40.8 Å². The van der Waals surface area contributed by atoms with Gasteiger partial charge < -0.3 is 14.5 Å². The maximum Gasteiger partial charge on any atom is 0.406 e. The Morgan fingerprint density at radius 1 is 1.08 bits per heavy atom. The number of hydrogen-bond donors (Lipinski definition) is 0. The minimum atomic E-state index is -4.45. The van der Waals surface area contributed by atoms with Gasteiger partial charge in [-0.3, -0.25) is 14.1 Å². The molecule has 1 saturated heterocycles. The fourth-order valence-electron chi connectivity index (χ4n) is 5.18. The van der Waals surface area contributed by atoms with Crippen molar-refractivity contribution in [1.29, 1.82) is 0 Å². The van der Waals surface area contributed by atoms with Gasteiger partial charge in [-0.2, -0.15) is 13.2 Å². The fourth-order valence-corrected chi connectivity index (χ4v) is 5.18. The predicted octanol–water partition coefficient (Wildman–Crippen LogP) is 4.10. The van der Waals surface area contributed by atoms with Crippen LogP contribution in [0.3, 0.4) is 0 Å². The number of benzene rings is 1. The summed E-state index contributed by atoms with van der Waals surface area (Å²) < 4.78 is 46.2. The van der Waals surface area contributed by atoms with Crippen LogP contribution >= 0.6 is 0 Å². The number of alkyl halides is 3. The number of imidazole rings is 1. The maximum atomic E-state index is 12.9. The summed E-state index contributed by atoms with van der Waals surface area (Å²) >= 11 is 0. The Bertz CT molecular complexity index is 1260. The summed E-state index contributed by atoms with van der Waals surface area (Å²) in [4.78, 5) is 23.1. The number of halogens is 3. The Kier molecular flexibility index (Phi) is 6.32. The van der Waals surface area contributed by atoms with Crippen LogP contribution in [-0.2, 0) is 6.42 Å². The summed E-state index contributed by atoms with van der Waals surface area (Å²) in [6.07, 6.45) is -0.357. The number of nitrogens with zero attached hydrogens (tertiary/aromatic N) is 5. The fraction of sp³-hybridized carbons (Fsp3) is 0.462. The molecule has 0 radical (unpaired) electrons. The lowest BCUT2D eigenvalue weighted by molar-refractivity contribution is -0.141. The standard InChI is InChI=1S/C26H30F3N5O2/c1-17(2)31-8-10-32(11-9-31)20-5-7-34-21(15-30-23(34)14-20)19-12-18-4-6-33(16-26(27,28)29)25(35)24(18)22(13-19)36-3/h5,7,12-15,17H,4,6,8-11,16H2,1-3H3. The largest absolute Gasteiger partial charge is 0.496 e. The number of aromatic nitrogens is 2. The molecular weight excluding hydrogens is 471 g/mol. The van der Waals surface area contributed by atoms with Gasteiger partial charge in [0.2, 0.25) is 0 Å². The minimum Gasteiger partial charge on any atom is -0.496 e. The summed E-state index contributed by atoms with van der Waals surface area (Å²) in [6.45, 7) is 7.16. The highest BCUT2D eigenvalue weighted by Gasteiger charge is 2.37. The minimum absolute atomic E-state index is 0.0124. The van der Waals surface area contributed by atoms with E-state index >= 15 is 0 Å². The van der Waals surface area contributed by atoms with E-state index < -0.39 is 18.6 Å². The van der Waals surface area contributed by atoms with Crippen molar-refractivity contribution in [2.24, 2.45) is 0 Å². The third-order valence-electron chi connectivity index (χ3n) is 7.13. The van der Waals surface area contributed by atoms with Crippen molar-refractivity contribution in [3.8, 4) is 17.0 Å². The molecule has 7 nitrogen and oxygen atoms in total. The Hall–Kier alpha value is -3.27. The molecule has 0 bridgehead atoms. The normalized spacial score (nSPS) is 17.2. The van der Waals surface area contributed by atoms with E-state index in [1.54, 1.807) is 12.3 Å². The van der Waals surface area contributed by atoms with E-state index in [0.29, 0.717) is 18.0 Å². The SMILES string of the molecule is COc1cc(-c2cnc3cc(N4CCN(C(C)C)CC4)ccn23)cc2c1C(=O)N(CC(F)(F)F)CC2. The molecule has 0 atom stereocenters. The van der Waals surface area contributed by atoms with Gasteiger partial charge in [0.1, 0.15) is 17.9 Å². The van der Waals surface area contributed by atoms with Gasteiger partial charge in [-0.05, 0) is 44.0 Å². The Morgan fingerprint density at radius 3 is 2.50 bits per heavy atom. The van der Waals surface area contributed by atoms with Gasteiger partial charge in [-0.1, -0.05) is 0 Å². The number of fused-ring (bicyclic) bond motifs is 2. The van der Waals surface area contributed by atoms with Crippen molar-refractivity contribution in [3.63, 3.8) is 0 Å². The molecule has 0 aliphatic carbocycles. The van der Waals surface area contributed by atoms with Crippen molar-refractivity contribution < 1.29 is 22.7 Å². The lowest BCUT2D eigenvalue weighted by Gasteiger charge is -2.38. The molecule has 5 rings (SSSR count). The van der Waals surface area contributed by atoms with Crippen molar-refractivity contribution >= 4 is 17.2 Å². The maximum absolute atomic E-state index is 12.9. The van der Waals surface area contributed by atoms with Crippen LogP contribution in [0.5, 0.6) is 5.75 Å². The number of methoxy groups -OCH3 is 1. The summed E-state index contributed by atoms with van der Waals surface area (Å²) in [7, 11) is 1.43. The van der Waals surface area contributed by atoms with Crippen molar-refractivity contribution in [3.05, 3.63) is 47.8 Å². The molecule has 1 fully saturated rings. The average Bonchev–Trinajstić information content (AvgIpc) is 3.28. The highest BCUT2D eigenvalue weighted by Crippen LogP contribution is 2.35. The molecule has 36 heavy (non-hydrogen) atoms. The van der Waals surface area contributed by atoms with E-state index in [9.17, 15) is 18.0 Å². The number of carbonyl (C=O) groups excluding carboxylic acids is 1. The Labute approximate surface area is 208 Å². The third kappa shape index (κ3) is 4.61. The summed E-state index contributed by atoms with van der Waals surface area (Å²) in [5.74, 6) is -0.383. The molecule has 3 aromatic rings. The average molecular weight is 502 g/mol. The molecule has 192 valence electrons. The van der Waals surface area contributed by atoms with Crippen LogP contribution in [0.4, 0.5) is 18.9 Å². The molecular formula is C26H30F3N5O2. The van der Waals surface area contributed by atoms with Crippen molar-refractivity contribution in [2.45, 2.75) is 32.5 Å². The summed E-state index contributed by atoms with van der Waals surface area (Å²) in [5.41, 5.74) is 4.44. The molecule has 2 aliphatic heterocycles. The molecule has 10 heteroatoms. The number of pyridine rings is 1. The van der Waals surface area contributed by atoms with Gasteiger partial charge in [-0.15, -0.1) is 0 Å². The molecule has 0 spiro atoms. The number of rotatable bonds is 5. The Balaban J connectivity index is 1.43.